The fourth-order valence-electron chi connectivity index (χ4n) is 1.73. The summed E-state index contributed by atoms with van der Waals surface area (Å²) in [5, 5.41) is 3.48. The van der Waals surface area contributed by atoms with E-state index in [-0.39, 0.29) is 0 Å². The molecule has 0 aromatic heterocycles. The lowest BCUT2D eigenvalue weighted by molar-refractivity contribution is 0.228. The minimum Gasteiger partial charge on any atom is -0.315 e. The van der Waals surface area contributed by atoms with Crippen molar-refractivity contribution >= 4 is 0 Å². The Kier molecular flexibility index (Phi) is 8.07. The van der Waals surface area contributed by atoms with Gasteiger partial charge in [0, 0.05) is 19.1 Å². The zero-order valence-corrected chi connectivity index (χ0v) is 11.5. The summed E-state index contributed by atoms with van der Waals surface area (Å²) < 4.78 is 0. The highest BCUT2D eigenvalue weighted by molar-refractivity contribution is 4.66. The average Bonchev–Trinajstić information content (AvgIpc) is 2.10. The van der Waals surface area contributed by atoms with Crippen LogP contribution in [0.5, 0.6) is 0 Å². The maximum Gasteiger partial charge on any atom is 0.0107 e. The Labute approximate surface area is 96.4 Å². The standard InChI is InChI=1S/C13H30N2/c1-11(2)9-13(5)15(6)8-7-14-10-12(3)4/h11-14H,7-10H2,1-6H3. The van der Waals surface area contributed by atoms with Crippen molar-refractivity contribution in [3.63, 3.8) is 0 Å². The van der Waals surface area contributed by atoms with Gasteiger partial charge >= 0.3 is 0 Å². The van der Waals surface area contributed by atoms with Crippen molar-refractivity contribution in [2.75, 3.05) is 26.7 Å². The SMILES string of the molecule is CC(C)CNCCN(C)C(C)CC(C)C. The van der Waals surface area contributed by atoms with Gasteiger partial charge in [0.25, 0.3) is 0 Å². The first kappa shape index (κ1) is 14.9. The van der Waals surface area contributed by atoms with E-state index >= 15 is 0 Å². The molecule has 1 atom stereocenters. The molecule has 1 unspecified atom stereocenters. The molecule has 0 aliphatic carbocycles. The van der Waals surface area contributed by atoms with E-state index in [2.05, 4.69) is 51.9 Å². The smallest absolute Gasteiger partial charge is 0.0107 e. The molecular weight excluding hydrogens is 184 g/mol. The lowest BCUT2D eigenvalue weighted by atomic mass is 10.0. The van der Waals surface area contributed by atoms with Gasteiger partial charge in [-0.15, -0.1) is 0 Å². The summed E-state index contributed by atoms with van der Waals surface area (Å²) in [7, 11) is 2.23. The molecular formula is C13H30N2. The fraction of sp³-hybridized carbons (Fsp3) is 1.00. The average molecular weight is 214 g/mol. The molecule has 0 heterocycles. The van der Waals surface area contributed by atoms with Crippen LogP contribution in [0.25, 0.3) is 0 Å². The Morgan fingerprint density at radius 2 is 1.60 bits per heavy atom. The van der Waals surface area contributed by atoms with E-state index in [0.29, 0.717) is 6.04 Å². The molecule has 2 nitrogen and oxygen atoms in total. The van der Waals surface area contributed by atoms with Crippen molar-refractivity contribution in [2.45, 2.75) is 47.1 Å². The van der Waals surface area contributed by atoms with Gasteiger partial charge in [0.2, 0.25) is 0 Å². The monoisotopic (exact) mass is 214 g/mol. The quantitative estimate of drug-likeness (QED) is 0.625. The summed E-state index contributed by atoms with van der Waals surface area (Å²) in [5.74, 6) is 1.55. The highest BCUT2D eigenvalue weighted by atomic mass is 15.1. The molecule has 0 saturated heterocycles. The van der Waals surface area contributed by atoms with Crippen LogP contribution in [0.2, 0.25) is 0 Å². The van der Waals surface area contributed by atoms with Gasteiger partial charge in [-0.1, -0.05) is 27.7 Å². The number of rotatable bonds is 8. The van der Waals surface area contributed by atoms with E-state index in [0.717, 1.165) is 31.5 Å². The van der Waals surface area contributed by atoms with Crippen LogP contribution in [-0.2, 0) is 0 Å². The topological polar surface area (TPSA) is 15.3 Å². The minimum absolute atomic E-state index is 0.700. The summed E-state index contributed by atoms with van der Waals surface area (Å²) in [4.78, 5) is 2.45. The molecule has 0 bridgehead atoms. The van der Waals surface area contributed by atoms with E-state index in [4.69, 9.17) is 0 Å². The molecule has 1 N–H and O–H groups in total. The first-order chi connectivity index (χ1) is 6.93. The predicted molar refractivity (Wildman–Crippen MR) is 69.3 cm³/mol. The molecule has 2 heteroatoms. The molecule has 0 amide bonds. The first-order valence-electron chi connectivity index (χ1n) is 6.34. The van der Waals surface area contributed by atoms with Gasteiger partial charge in [-0.3, -0.25) is 0 Å². The fourth-order valence-corrected chi connectivity index (χ4v) is 1.73. The van der Waals surface area contributed by atoms with E-state index in [1.165, 1.54) is 6.42 Å². The maximum absolute atomic E-state index is 3.48. The molecule has 0 aliphatic rings. The van der Waals surface area contributed by atoms with Gasteiger partial charge in [-0.2, -0.15) is 0 Å². The maximum atomic E-state index is 3.48. The first-order valence-corrected chi connectivity index (χ1v) is 6.34. The van der Waals surface area contributed by atoms with Crippen LogP contribution in [0.1, 0.15) is 41.0 Å². The number of nitrogens with one attached hydrogen (secondary N) is 1. The number of hydrogen-bond acceptors (Lipinski definition) is 2. The molecule has 0 aliphatic heterocycles. The Morgan fingerprint density at radius 1 is 1.00 bits per heavy atom. The molecule has 0 fully saturated rings. The predicted octanol–water partition coefficient (Wildman–Crippen LogP) is 2.60. The Morgan fingerprint density at radius 3 is 2.07 bits per heavy atom. The van der Waals surface area contributed by atoms with Crippen molar-refractivity contribution in [1.82, 2.24) is 10.2 Å². The molecule has 0 rings (SSSR count). The summed E-state index contributed by atoms with van der Waals surface area (Å²) in [5.41, 5.74) is 0. The van der Waals surface area contributed by atoms with E-state index in [9.17, 15) is 0 Å². The van der Waals surface area contributed by atoms with Gasteiger partial charge in [0.05, 0.1) is 0 Å². The molecule has 92 valence electrons. The largest absolute Gasteiger partial charge is 0.315 e. The highest BCUT2D eigenvalue weighted by Gasteiger charge is 2.09. The third kappa shape index (κ3) is 8.88. The Hall–Kier alpha value is -0.0800. The zero-order valence-electron chi connectivity index (χ0n) is 11.5. The van der Waals surface area contributed by atoms with Crippen molar-refractivity contribution in [2.24, 2.45) is 11.8 Å². The second-order valence-corrected chi connectivity index (χ2v) is 5.56. The molecule has 15 heavy (non-hydrogen) atoms. The van der Waals surface area contributed by atoms with Crippen LogP contribution in [-0.4, -0.2) is 37.6 Å². The summed E-state index contributed by atoms with van der Waals surface area (Å²) in [6.07, 6.45) is 1.29. The minimum atomic E-state index is 0.700. The van der Waals surface area contributed by atoms with Crippen LogP contribution >= 0.6 is 0 Å². The Balaban J connectivity index is 3.51. The second kappa shape index (κ2) is 8.12. The van der Waals surface area contributed by atoms with Crippen LogP contribution in [0.3, 0.4) is 0 Å². The van der Waals surface area contributed by atoms with Crippen LogP contribution in [0, 0.1) is 11.8 Å². The molecule has 0 aromatic rings. The van der Waals surface area contributed by atoms with Gasteiger partial charge in [-0.05, 0) is 38.8 Å². The normalized spacial score (nSPS) is 14.2. The third-order valence-corrected chi connectivity index (χ3v) is 2.76. The summed E-state index contributed by atoms with van der Waals surface area (Å²) in [6, 6.07) is 0.700. The van der Waals surface area contributed by atoms with E-state index < -0.39 is 0 Å². The number of hydrogen-bond donors (Lipinski definition) is 1. The van der Waals surface area contributed by atoms with Gasteiger partial charge in [0.15, 0.2) is 0 Å². The Bertz CT molecular complexity index is 143. The summed E-state index contributed by atoms with van der Waals surface area (Å²) >= 11 is 0. The lowest BCUT2D eigenvalue weighted by Crippen LogP contribution is -2.36. The molecule has 0 radical (unpaired) electrons. The summed E-state index contributed by atoms with van der Waals surface area (Å²) in [6.45, 7) is 14.8. The van der Waals surface area contributed by atoms with Gasteiger partial charge < -0.3 is 10.2 Å². The van der Waals surface area contributed by atoms with Crippen LogP contribution in [0.4, 0.5) is 0 Å². The van der Waals surface area contributed by atoms with Crippen LogP contribution < -0.4 is 5.32 Å². The molecule has 0 aromatic carbocycles. The zero-order chi connectivity index (χ0) is 11.8. The number of likely N-dealkylation sites (N-methyl/N-ethyl adjacent to an activating group) is 1. The van der Waals surface area contributed by atoms with Crippen molar-refractivity contribution < 1.29 is 0 Å². The van der Waals surface area contributed by atoms with Gasteiger partial charge in [-0.25, -0.2) is 0 Å². The molecule has 0 spiro atoms. The van der Waals surface area contributed by atoms with E-state index in [1.807, 2.05) is 0 Å². The lowest BCUT2D eigenvalue weighted by Gasteiger charge is -2.26. The van der Waals surface area contributed by atoms with Crippen molar-refractivity contribution in [1.29, 1.82) is 0 Å². The second-order valence-electron chi connectivity index (χ2n) is 5.56. The van der Waals surface area contributed by atoms with E-state index in [1.54, 1.807) is 0 Å². The van der Waals surface area contributed by atoms with Crippen LogP contribution in [0.15, 0.2) is 0 Å². The van der Waals surface area contributed by atoms with Gasteiger partial charge in [0.1, 0.15) is 0 Å². The highest BCUT2D eigenvalue weighted by Crippen LogP contribution is 2.08. The van der Waals surface area contributed by atoms with Crippen molar-refractivity contribution in [3.8, 4) is 0 Å². The molecule has 0 saturated carbocycles. The van der Waals surface area contributed by atoms with Crippen molar-refractivity contribution in [3.05, 3.63) is 0 Å². The third-order valence-electron chi connectivity index (χ3n) is 2.76. The number of nitrogens with zero attached hydrogens (tertiary/aromatic N) is 1.